The molecule has 1 aromatic carbocycles. The van der Waals surface area contributed by atoms with E-state index in [9.17, 15) is 9.18 Å². The Bertz CT molecular complexity index is 415. The second kappa shape index (κ2) is 4.54. The first-order valence-corrected chi connectivity index (χ1v) is 4.15. The Morgan fingerprint density at radius 3 is 2.86 bits per heavy atom. The minimum atomic E-state index is -0.569. The summed E-state index contributed by atoms with van der Waals surface area (Å²) in [5.74, 6) is 4.23. The third kappa shape index (κ3) is 2.18. The van der Waals surface area contributed by atoms with Crippen molar-refractivity contribution in [3.63, 3.8) is 0 Å². The van der Waals surface area contributed by atoms with E-state index in [4.69, 9.17) is 5.73 Å². The Labute approximate surface area is 81.9 Å². The quantitative estimate of drug-likeness (QED) is 0.537. The lowest BCUT2D eigenvalue weighted by Crippen LogP contribution is -1.99. The summed E-state index contributed by atoms with van der Waals surface area (Å²) in [5.41, 5.74) is 5.44. The van der Waals surface area contributed by atoms with E-state index < -0.39 is 5.82 Å². The lowest BCUT2D eigenvalue weighted by atomic mass is 10.1. The van der Waals surface area contributed by atoms with Gasteiger partial charge in [0.25, 0.3) is 0 Å². The van der Waals surface area contributed by atoms with Gasteiger partial charge in [-0.25, -0.2) is 4.39 Å². The molecule has 0 radical (unpaired) electrons. The Morgan fingerprint density at radius 2 is 2.29 bits per heavy atom. The van der Waals surface area contributed by atoms with Crippen LogP contribution in [0.3, 0.4) is 0 Å². The summed E-state index contributed by atoms with van der Waals surface area (Å²) in [5, 5.41) is 0. The molecule has 1 rings (SSSR count). The molecule has 0 saturated heterocycles. The van der Waals surface area contributed by atoms with Gasteiger partial charge in [-0.3, -0.25) is 4.79 Å². The molecule has 0 aromatic heterocycles. The molecule has 72 valence electrons. The lowest BCUT2D eigenvalue weighted by Gasteiger charge is -1.99. The Kier molecular flexibility index (Phi) is 3.38. The summed E-state index contributed by atoms with van der Waals surface area (Å²) < 4.78 is 13.5. The van der Waals surface area contributed by atoms with Gasteiger partial charge >= 0.3 is 0 Å². The van der Waals surface area contributed by atoms with Crippen molar-refractivity contribution in [2.75, 3.05) is 6.54 Å². The highest BCUT2D eigenvalue weighted by molar-refractivity contribution is 5.94. The topological polar surface area (TPSA) is 43.1 Å². The Balaban J connectivity index is 3.20. The van der Waals surface area contributed by atoms with Crippen molar-refractivity contribution in [3.8, 4) is 11.8 Å². The number of hydrogen-bond donors (Lipinski definition) is 1. The zero-order chi connectivity index (χ0) is 10.6. The van der Waals surface area contributed by atoms with E-state index in [2.05, 4.69) is 11.8 Å². The van der Waals surface area contributed by atoms with Crippen molar-refractivity contribution in [2.24, 2.45) is 5.73 Å². The molecule has 0 atom stereocenters. The first-order chi connectivity index (χ1) is 6.66. The molecule has 0 amide bonds. The molecule has 0 aliphatic heterocycles. The van der Waals surface area contributed by atoms with Gasteiger partial charge < -0.3 is 5.73 Å². The molecular weight excluding hydrogens is 181 g/mol. The van der Waals surface area contributed by atoms with Crippen LogP contribution >= 0.6 is 0 Å². The number of carbonyl (C=O) groups excluding carboxylic acids is 1. The number of benzene rings is 1. The summed E-state index contributed by atoms with van der Waals surface area (Å²) in [4.78, 5) is 11.0. The average molecular weight is 191 g/mol. The van der Waals surface area contributed by atoms with E-state index in [1.54, 1.807) is 6.07 Å². The molecule has 0 aliphatic rings. The van der Waals surface area contributed by atoms with E-state index in [0.717, 1.165) is 0 Å². The van der Waals surface area contributed by atoms with Crippen molar-refractivity contribution in [1.29, 1.82) is 0 Å². The maximum atomic E-state index is 13.5. The molecular formula is C11H10FNO. The van der Waals surface area contributed by atoms with Crippen molar-refractivity contribution >= 4 is 5.78 Å². The third-order valence-corrected chi connectivity index (χ3v) is 1.70. The van der Waals surface area contributed by atoms with Crippen LogP contribution in [0.1, 0.15) is 22.8 Å². The second-order valence-electron chi connectivity index (χ2n) is 2.73. The van der Waals surface area contributed by atoms with E-state index in [1.165, 1.54) is 19.1 Å². The fourth-order valence-corrected chi connectivity index (χ4v) is 1.05. The number of nitrogens with two attached hydrogens (primary N) is 1. The summed E-state index contributed by atoms with van der Waals surface area (Å²) in [6.45, 7) is 1.49. The molecule has 0 aliphatic carbocycles. The number of halogens is 1. The highest BCUT2D eigenvalue weighted by atomic mass is 19.1. The predicted molar refractivity (Wildman–Crippen MR) is 52.3 cm³/mol. The minimum Gasteiger partial charge on any atom is -0.320 e. The number of rotatable bonds is 1. The highest BCUT2D eigenvalue weighted by Crippen LogP contribution is 2.12. The maximum absolute atomic E-state index is 13.5. The molecule has 0 unspecified atom stereocenters. The number of carbonyl (C=O) groups is 1. The van der Waals surface area contributed by atoms with Crippen molar-refractivity contribution in [2.45, 2.75) is 6.92 Å². The van der Waals surface area contributed by atoms with E-state index >= 15 is 0 Å². The Hall–Kier alpha value is -1.66. The molecule has 0 fully saturated rings. The molecule has 0 heterocycles. The summed E-state index contributed by atoms with van der Waals surface area (Å²) >= 11 is 0. The second-order valence-corrected chi connectivity index (χ2v) is 2.73. The molecule has 0 bridgehead atoms. The predicted octanol–water partition coefficient (Wildman–Crippen LogP) is 1.34. The fourth-order valence-electron chi connectivity index (χ4n) is 1.05. The van der Waals surface area contributed by atoms with Crippen LogP contribution in [0.4, 0.5) is 4.39 Å². The van der Waals surface area contributed by atoms with Gasteiger partial charge in [-0.05, 0) is 19.1 Å². The smallest absolute Gasteiger partial charge is 0.162 e. The van der Waals surface area contributed by atoms with Crippen LogP contribution in [0.2, 0.25) is 0 Å². The monoisotopic (exact) mass is 191 g/mol. The van der Waals surface area contributed by atoms with Crippen LogP contribution in [0.25, 0.3) is 0 Å². The van der Waals surface area contributed by atoms with Gasteiger partial charge in [-0.15, -0.1) is 0 Å². The molecule has 0 saturated carbocycles. The van der Waals surface area contributed by atoms with E-state index in [1.807, 2.05) is 0 Å². The minimum absolute atomic E-state index is 0.0637. The summed E-state index contributed by atoms with van der Waals surface area (Å²) in [6.07, 6.45) is 0. The normalized spacial score (nSPS) is 9.07. The van der Waals surface area contributed by atoms with Crippen LogP contribution < -0.4 is 5.73 Å². The van der Waals surface area contributed by atoms with Crippen LogP contribution in [-0.2, 0) is 0 Å². The SMILES string of the molecule is CC(=O)c1cccc(C#CCN)c1F. The molecule has 14 heavy (non-hydrogen) atoms. The van der Waals surface area contributed by atoms with Crippen LogP contribution in [0.5, 0.6) is 0 Å². The molecule has 0 spiro atoms. The lowest BCUT2D eigenvalue weighted by molar-refractivity contribution is 0.101. The summed E-state index contributed by atoms with van der Waals surface area (Å²) in [7, 11) is 0. The van der Waals surface area contributed by atoms with Gasteiger partial charge in [-0.2, -0.15) is 0 Å². The first-order valence-electron chi connectivity index (χ1n) is 4.15. The standard InChI is InChI=1S/C11H10FNO/c1-8(14)10-6-2-4-9(11(10)12)5-3-7-13/h2,4,6H,7,13H2,1H3. The van der Waals surface area contributed by atoms with Gasteiger partial charge in [0.1, 0.15) is 5.82 Å². The average Bonchev–Trinajstić information content (AvgIpc) is 2.16. The number of ketones is 1. The highest BCUT2D eigenvalue weighted by Gasteiger charge is 2.09. The van der Waals surface area contributed by atoms with Crippen molar-refractivity contribution in [1.82, 2.24) is 0 Å². The number of hydrogen-bond acceptors (Lipinski definition) is 2. The van der Waals surface area contributed by atoms with Gasteiger partial charge in [0.05, 0.1) is 17.7 Å². The van der Waals surface area contributed by atoms with Crippen molar-refractivity contribution < 1.29 is 9.18 Å². The molecule has 2 nitrogen and oxygen atoms in total. The largest absolute Gasteiger partial charge is 0.320 e. The summed E-state index contributed by atoms with van der Waals surface area (Å²) in [6, 6.07) is 4.55. The van der Waals surface area contributed by atoms with Gasteiger partial charge in [0.2, 0.25) is 0 Å². The van der Waals surface area contributed by atoms with Crippen LogP contribution in [0, 0.1) is 17.7 Å². The molecule has 2 N–H and O–H groups in total. The van der Waals surface area contributed by atoms with Crippen LogP contribution in [-0.4, -0.2) is 12.3 Å². The van der Waals surface area contributed by atoms with E-state index in [0.29, 0.717) is 0 Å². The van der Waals surface area contributed by atoms with Crippen LogP contribution in [0.15, 0.2) is 18.2 Å². The molecule has 3 heteroatoms. The fraction of sp³-hybridized carbons (Fsp3) is 0.182. The Morgan fingerprint density at radius 1 is 1.57 bits per heavy atom. The number of Topliss-reactive ketones (excluding diaryl/α,β-unsaturated/α-hetero) is 1. The zero-order valence-corrected chi connectivity index (χ0v) is 7.80. The third-order valence-electron chi connectivity index (χ3n) is 1.70. The van der Waals surface area contributed by atoms with Gasteiger partial charge in [-0.1, -0.05) is 17.9 Å². The first kappa shape index (κ1) is 10.4. The van der Waals surface area contributed by atoms with Gasteiger partial charge in [0.15, 0.2) is 5.78 Å². The maximum Gasteiger partial charge on any atom is 0.162 e. The molecule has 1 aromatic rings. The van der Waals surface area contributed by atoms with Gasteiger partial charge in [0, 0.05) is 0 Å². The van der Waals surface area contributed by atoms with E-state index in [-0.39, 0.29) is 23.5 Å². The van der Waals surface area contributed by atoms with Crippen molar-refractivity contribution in [3.05, 3.63) is 35.1 Å². The zero-order valence-electron chi connectivity index (χ0n) is 7.80.